The number of hydrogen-bond acceptors (Lipinski definition) is 5. The molecule has 0 aliphatic carbocycles. The van der Waals surface area contributed by atoms with Crippen molar-refractivity contribution in [3.63, 3.8) is 0 Å². The van der Waals surface area contributed by atoms with Crippen molar-refractivity contribution in [3.05, 3.63) is 76.3 Å². The van der Waals surface area contributed by atoms with Crippen molar-refractivity contribution in [3.8, 4) is 5.69 Å². The van der Waals surface area contributed by atoms with E-state index in [-0.39, 0.29) is 18.7 Å². The van der Waals surface area contributed by atoms with E-state index in [2.05, 4.69) is 10.4 Å². The molecule has 0 aliphatic rings. The zero-order chi connectivity index (χ0) is 24.2. The molecule has 0 saturated heterocycles. The standard InChI is InChI=1S/C25H27N5O4/c1-4-28-20-7-5-6-8-21(20)29(25(28)33)14-13-24(32)34-16-23(31)26-22-15-18(3)27-30(22)19-11-9-17(2)10-12-19/h5-12,15H,4,13-14,16H2,1-3H3,(H,26,31). The lowest BCUT2D eigenvalue weighted by atomic mass is 10.2. The van der Waals surface area contributed by atoms with Gasteiger partial charge in [-0.1, -0.05) is 29.8 Å². The first kappa shape index (κ1) is 23.0. The third-order valence-corrected chi connectivity index (χ3v) is 5.52. The molecule has 9 nitrogen and oxygen atoms in total. The first-order chi connectivity index (χ1) is 16.4. The first-order valence-electron chi connectivity index (χ1n) is 11.1. The monoisotopic (exact) mass is 461 g/mol. The van der Waals surface area contributed by atoms with Crippen LogP contribution in [0.2, 0.25) is 0 Å². The minimum atomic E-state index is -0.557. The zero-order valence-electron chi connectivity index (χ0n) is 19.4. The van der Waals surface area contributed by atoms with Gasteiger partial charge in [0.05, 0.1) is 28.8 Å². The maximum atomic E-state index is 12.7. The number of nitrogens with zero attached hydrogens (tertiary/aromatic N) is 4. The van der Waals surface area contributed by atoms with Gasteiger partial charge in [-0.25, -0.2) is 9.48 Å². The van der Waals surface area contributed by atoms with Crippen LogP contribution in [0.15, 0.2) is 59.4 Å². The van der Waals surface area contributed by atoms with Gasteiger partial charge in [-0.3, -0.25) is 18.7 Å². The summed E-state index contributed by atoms with van der Waals surface area (Å²) in [7, 11) is 0. The average molecular weight is 462 g/mol. The lowest BCUT2D eigenvalue weighted by Gasteiger charge is -2.10. The average Bonchev–Trinajstić information content (AvgIpc) is 3.32. The number of anilines is 1. The van der Waals surface area contributed by atoms with Crippen LogP contribution in [0.5, 0.6) is 0 Å². The third kappa shape index (κ3) is 4.78. The summed E-state index contributed by atoms with van der Waals surface area (Å²) < 4.78 is 10.00. The SMILES string of the molecule is CCn1c(=O)n(CCC(=O)OCC(=O)Nc2cc(C)nn2-c2ccc(C)cc2)c2ccccc21. The second-order valence-electron chi connectivity index (χ2n) is 8.04. The van der Waals surface area contributed by atoms with Gasteiger partial charge in [0.25, 0.3) is 5.91 Å². The van der Waals surface area contributed by atoms with Crippen LogP contribution in [-0.2, 0) is 27.4 Å². The van der Waals surface area contributed by atoms with Gasteiger partial charge >= 0.3 is 11.7 Å². The highest BCUT2D eigenvalue weighted by molar-refractivity contribution is 5.92. The summed E-state index contributed by atoms with van der Waals surface area (Å²) in [5.74, 6) is -0.540. The van der Waals surface area contributed by atoms with E-state index in [0.29, 0.717) is 12.4 Å². The van der Waals surface area contributed by atoms with E-state index in [4.69, 9.17) is 4.74 Å². The molecule has 0 unspecified atom stereocenters. The number of imidazole rings is 1. The van der Waals surface area contributed by atoms with Crippen LogP contribution >= 0.6 is 0 Å². The van der Waals surface area contributed by atoms with E-state index >= 15 is 0 Å². The molecule has 0 saturated carbocycles. The van der Waals surface area contributed by atoms with Crippen LogP contribution in [-0.4, -0.2) is 37.4 Å². The number of fused-ring (bicyclic) bond motifs is 1. The molecule has 0 fully saturated rings. The number of carbonyl (C=O) groups excluding carboxylic acids is 2. The number of para-hydroxylation sites is 2. The molecule has 176 valence electrons. The Morgan fingerprint density at radius 2 is 1.68 bits per heavy atom. The Hall–Kier alpha value is -4.14. The second-order valence-corrected chi connectivity index (χ2v) is 8.04. The van der Waals surface area contributed by atoms with E-state index in [9.17, 15) is 14.4 Å². The van der Waals surface area contributed by atoms with Crippen molar-refractivity contribution in [2.75, 3.05) is 11.9 Å². The summed E-state index contributed by atoms with van der Waals surface area (Å²) >= 11 is 0. The Kier molecular flexibility index (Phi) is 6.62. The number of rotatable bonds is 8. The molecule has 0 aliphatic heterocycles. The predicted octanol–water partition coefficient (Wildman–Crippen LogP) is 3.20. The summed E-state index contributed by atoms with van der Waals surface area (Å²) in [5.41, 5.74) is 4.08. The van der Waals surface area contributed by atoms with E-state index in [0.717, 1.165) is 28.0 Å². The summed E-state index contributed by atoms with van der Waals surface area (Å²) in [4.78, 5) is 37.4. The highest BCUT2D eigenvalue weighted by Crippen LogP contribution is 2.18. The van der Waals surface area contributed by atoms with Crippen molar-refractivity contribution in [1.82, 2.24) is 18.9 Å². The van der Waals surface area contributed by atoms with Gasteiger partial charge in [0, 0.05) is 19.2 Å². The number of benzene rings is 2. The van der Waals surface area contributed by atoms with Crippen molar-refractivity contribution < 1.29 is 14.3 Å². The molecule has 0 atom stereocenters. The molecule has 0 radical (unpaired) electrons. The number of nitrogens with one attached hydrogen (secondary N) is 1. The highest BCUT2D eigenvalue weighted by atomic mass is 16.5. The fourth-order valence-electron chi connectivity index (χ4n) is 3.87. The number of aromatic nitrogens is 4. The van der Waals surface area contributed by atoms with Crippen LogP contribution in [0.1, 0.15) is 24.6 Å². The number of amides is 1. The number of ether oxygens (including phenoxy) is 1. The molecule has 1 amide bonds. The maximum absolute atomic E-state index is 12.7. The predicted molar refractivity (Wildman–Crippen MR) is 129 cm³/mol. The van der Waals surface area contributed by atoms with Crippen LogP contribution in [0.25, 0.3) is 16.7 Å². The fourth-order valence-corrected chi connectivity index (χ4v) is 3.87. The smallest absolute Gasteiger partial charge is 0.329 e. The third-order valence-electron chi connectivity index (χ3n) is 5.52. The summed E-state index contributed by atoms with van der Waals surface area (Å²) in [6, 6.07) is 16.9. The van der Waals surface area contributed by atoms with Crippen molar-refractivity contribution in [2.45, 2.75) is 40.3 Å². The Labute approximate surface area is 196 Å². The van der Waals surface area contributed by atoms with Crippen molar-refractivity contribution in [2.24, 2.45) is 0 Å². The maximum Gasteiger partial charge on any atom is 0.329 e. The Balaban J connectivity index is 1.36. The molecule has 2 aromatic heterocycles. The van der Waals surface area contributed by atoms with E-state index in [1.54, 1.807) is 19.9 Å². The first-order valence-corrected chi connectivity index (χ1v) is 11.1. The van der Waals surface area contributed by atoms with Crippen molar-refractivity contribution in [1.29, 1.82) is 0 Å². The Morgan fingerprint density at radius 1 is 1.00 bits per heavy atom. The van der Waals surface area contributed by atoms with Crippen molar-refractivity contribution >= 4 is 28.7 Å². The normalized spacial score (nSPS) is 11.0. The highest BCUT2D eigenvalue weighted by Gasteiger charge is 2.15. The number of esters is 1. The van der Waals surface area contributed by atoms with E-state index in [1.165, 1.54) is 0 Å². The van der Waals surface area contributed by atoms with E-state index < -0.39 is 18.5 Å². The molecular formula is C25H27N5O4. The molecule has 1 N–H and O–H groups in total. The number of hydrogen-bond donors (Lipinski definition) is 1. The minimum absolute atomic E-state index is 0.0225. The van der Waals surface area contributed by atoms with E-state index in [1.807, 2.05) is 69.3 Å². The molecule has 2 aromatic carbocycles. The summed E-state index contributed by atoms with van der Waals surface area (Å²) in [6.07, 6.45) is -0.0225. The topological polar surface area (TPSA) is 100 Å². The largest absolute Gasteiger partial charge is 0.456 e. The molecule has 9 heteroatoms. The summed E-state index contributed by atoms with van der Waals surface area (Å²) in [6.45, 7) is 6.01. The van der Waals surface area contributed by atoms with Crippen LogP contribution < -0.4 is 11.0 Å². The Morgan fingerprint density at radius 3 is 2.35 bits per heavy atom. The Bertz CT molecular complexity index is 1400. The summed E-state index contributed by atoms with van der Waals surface area (Å²) in [5, 5.41) is 7.17. The molecule has 0 spiro atoms. The molecule has 4 aromatic rings. The lowest BCUT2D eigenvalue weighted by Crippen LogP contribution is -2.26. The molecule has 4 rings (SSSR count). The van der Waals surface area contributed by atoms with Crippen LogP contribution in [0, 0.1) is 13.8 Å². The quantitative estimate of drug-likeness (QED) is 0.406. The lowest BCUT2D eigenvalue weighted by molar-refractivity contribution is -0.147. The second kappa shape index (κ2) is 9.78. The van der Waals surface area contributed by atoms with Gasteiger partial charge in [-0.05, 0) is 45.0 Å². The molecule has 34 heavy (non-hydrogen) atoms. The number of carbonyl (C=O) groups is 2. The molecule has 0 bridgehead atoms. The van der Waals surface area contributed by atoms with Gasteiger partial charge in [0.2, 0.25) is 0 Å². The minimum Gasteiger partial charge on any atom is -0.456 e. The number of aryl methyl sites for hydroxylation is 4. The van der Waals surface area contributed by atoms with Crippen LogP contribution in [0.4, 0.5) is 5.82 Å². The van der Waals surface area contributed by atoms with Gasteiger partial charge in [-0.2, -0.15) is 5.10 Å². The van der Waals surface area contributed by atoms with Gasteiger partial charge in [0.15, 0.2) is 6.61 Å². The molecular weight excluding hydrogens is 434 g/mol. The van der Waals surface area contributed by atoms with Crippen LogP contribution in [0.3, 0.4) is 0 Å². The fraction of sp³-hybridized carbons (Fsp3) is 0.280. The molecule has 2 heterocycles. The van der Waals surface area contributed by atoms with Gasteiger partial charge in [-0.15, -0.1) is 0 Å². The zero-order valence-corrected chi connectivity index (χ0v) is 19.4. The van der Waals surface area contributed by atoms with Gasteiger partial charge < -0.3 is 10.1 Å². The van der Waals surface area contributed by atoms with Gasteiger partial charge in [0.1, 0.15) is 5.82 Å².